The molecule has 1 fully saturated rings. The van der Waals surface area contributed by atoms with Gasteiger partial charge in [-0.25, -0.2) is 0 Å². The first-order valence-electron chi connectivity index (χ1n) is 7.83. The Morgan fingerprint density at radius 2 is 1.91 bits per heavy atom. The summed E-state index contributed by atoms with van der Waals surface area (Å²) >= 11 is 1.54. The number of hydrogen-bond donors (Lipinski definition) is 1. The Balaban J connectivity index is 1.80. The maximum Gasteiger partial charge on any atom is 0.264 e. The third kappa shape index (κ3) is 3.08. The first-order valence-corrected chi connectivity index (χ1v) is 8.71. The SMILES string of the molecule is Cc1ccc(-c2ccsc2C(=O)N2CCC(CN)CC2)cc1. The summed E-state index contributed by atoms with van der Waals surface area (Å²) in [7, 11) is 0. The van der Waals surface area contributed by atoms with Gasteiger partial charge in [-0.2, -0.15) is 0 Å². The standard InChI is InChI=1S/C18H22N2OS/c1-13-2-4-15(5-3-13)16-8-11-22-17(16)18(21)20-9-6-14(12-19)7-10-20/h2-5,8,11,14H,6-7,9-10,12,19H2,1H3. The number of amides is 1. The molecule has 3 rings (SSSR count). The fraction of sp³-hybridized carbons (Fsp3) is 0.389. The second kappa shape index (κ2) is 6.63. The van der Waals surface area contributed by atoms with Gasteiger partial charge in [0, 0.05) is 18.7 Å². The molecular formula is C18H22N2OS. The molecule has 1 saturated heterocycles. The van der Waals surface area contributed by atoms with Gasteiger partial charge in [0.1, 0.15) is 0 Å². The highest BCUT2D eigenvalue weighted by molar-refractivity contribution is 7.12. The van der Waals surface area contributed by atoms with E-state index >= 15 is 0 Å². The van der Waals surface area contributed by atoms with Crippen LogP contribution in [-0.2, 0) is 0 Å². The summed E-state index contributed by atoms with van der Waals surface area (Å²) in [6, 6.07) is 10.4. The van der Waals surface area contributed by atoms with Gasteiger partial charge in [-0.1, -0.05) is 29.8 Å². The van der Waals surface area contributed by atoms with E-state index in [2.05, 4.69) is 37.3 Å². The van der Waals surface area contributed by atoms with Crippen molar-refractivity contribution in [2.24, 2.45) is 11.7 Å². The molecular weight excluding hydrogens is 292 g/mol. The van der Waals surface area contributed by atoms with E-state index < -0.39 is 0 Å². The lowest BCUT2D eigenvalue weighted by Gasteiger charge is -2.31. The van der Waals surface area contributed by atoms with Crippen LogP contribution in [0.1, 0.15) is 28.1 Å². The van der Waals surface area contributed by atoms with Crippen LogP contribution in [-0.4, -0.2) is 30.4 Å². The zero-order valence-electron chi connectivity index (χ0n) is 12.9. The average Bonchev–Trinajstić information content (AvgIpc) is 3.04. The molecule has 1 aromatic carbocycles. The number of nitrogens with two attached hydrogens (primary N) is 1. The number of rotatable bonds is 3. The van der Waals surface area contributed by atoms with Crippen LogP contribution in [0.5, 0.6) is 0 Å². The molecule has 0 unspecified atom stereocenters. The molecule has 2 N–H and O–H groups in total. The summed E-state index contributed by atoms with van der Waals surface area (Å²) in [5, 5.41) is 2.01. The van der Waals surface area contributed by atoms with Gasteiger partial charge in [-0.15, -0.1) is 11.3 Å². The molecule has 0 aliphatic carbocycles. The second-order valence-electron chi connectivity index (χ2n) is 6.00. The maximum atomic E-state index is 12.8. The maximum absolute atomic E-state index is 12.8. The second-order valence-corrected chi connectivity index (χ2v) is 6.92. The van der Waals surface area contributed by atoms with Gasteiger partial charge >= 0.3 is 0 Å². The van der Waals surface area contributed by atoms with Gasteiger partial charge in [0.2, 0.25) is 0 Å². The van der Waals surface area contributed by atoms with Crippen molar-refractivity contribution in [2.75, 3.05) is 19.6 Å². The first-order chi connectivity index (χ1) is 10.7. The molecule has 1 amide bonds. The highest BCUT2D eigenvalue weighted by Gasteiger charge is 2.25. The molecule has 2 heterocycles. The van der Waals surface area contributed by atoms with Crippen LogP contribution in [0, 0.1) is 12.8 Å². The van der Waals surface area contributed by atoms with Crippen LogP contribution in [0.15, 0.2) is 35.7 Å². The number of carbonyl (C=O) groups excluding carboxylic acids is 1. The third-order valence-electron chi connectivity index (χ3n) is 4.46. The Morgan fingerprint density at radius 3 is 2.55 bits per heavy atom. The Hall–Kier alpha value is -1.65. The molecule has 0 bridgehead atoms. The van der Waals surface area contributed by atoms with E-state index in [-0.39, 0.29) is 5.91 Å². The molecule has 1 aromatic heterocycles. The summed E-state index contributed by atoms with van der Waals surface area (Å²) in [5.41, 5.74) is 9.13. The average molecular weight is 314 g/mol. The van der Waals surface area contributed by atoms with Crippen molar-refractivity contribution in [3.8, 4) is 11.1 Å². The number of benzene rings is 1. The molecule has 2 aromatic rings. The number of carbonyl (C=O) groups is 1. The van der Waals surface area contributed by atoms with Gasteiger partial charge in [0.05, 0.1) is 4.88 Å². The lowest BCUT2D eigenvalue weighted by Crippen LogP contribution is -2.39. The zero-order valence-corrected chi connectivity index (χ0v) is 13.7. The summed E-state index contributed by atoms with van der Waals surface area (Å²) in [6.45, 7) is 4.46. The Morgan fingerprint density at radius 1 is 1.23 bits per heavy atom. The van der Waals surface area contributed by atoms with Crippen LogP contribution >= 0.6 is 11.3 Å². The topological polar surface area (TPSA) is 46.3 Å². The number of aryl methyl sites for hydroxylation is 1. The van der Waals surface area contributed by atoms with E-state index in [0.29, 0.717) is 5.92 Å². The van der Waals surface area contributed by atoms with Crippen molar-refractivity contribution in [2.45, 2.75) is 19.8 Å². The Labute approximate surface area is 135 Å². The number of thiophene rings is 1. The molecule has 116 valence electrons. The minimum atomic E-state index is 0.168. The summed E-state index contributed by atoms with van der Waals surface area (Å²) < 4.78 is 0. The molecule has 22 heavy (non-hydrogen) atoms. The summed E-state index contributed by atoms with van der Waals surface area (Å²) in [5.74, 6) is 0.741. The monoisotopic (exact) mass is 314 g/mol. The smallest absolute Gasteiger partial charge is 0.264 e. The number of hydrogen-bond acceptors (Lipinski definition) is 3. The summed E-state index contributed by atoms with van der Waals surface area (Å²) in [6.07, 6.45) is 2.04. The van der Waals surface area contributed by atoms with Crippen LogP contribution in [0.25, 0.3) is 11.1 Å². The van der Waals surface area contributed by atoms with Crippen molar-refractivity contribution in [1.82, 2.24) is 4.90 Å². The highest BCUT2D eigenvalue weighted by atomic mass is 32.1. The molecule has 0 saturated carbocycles. The third-order valence-corrected chi connectivity index (χ3v) is 5.36. The van der Waals surface area contributed by atoms with Crippen molar-refractivity contribution in [3.63, 3.8) is 0 Å². The van der Waals surface area contributed by atoms with Crippen LogP contribution in [0.3, 0.4) is 0 Å². The van der Waals surface area contributed by atoms with Gasteiger partial charge in [0.15, 0.2) is 0 Å². The van der Waals surface area contributed by atoms with Gasteiger partial charge in [-0.3, -0.25) is 4.79 Å². The minimum absolute atomic E-state index is 0.168. The van der Waals surface area contributed by atoms with Gasteiger partial charge in [0.25, 0.3) is 5.91 Å². The fourth-order valence-electron chi connectivity index (χ4n) is 2.95. The predicted octanol–water partition coefficient (Wildman–Crippen LogP) is 3.53. The van der Waals surface area contributed by atoms with E-state index in [1.807, 2.05) is 10.3 Å². The molecule has 1 aliphatic heterocycles. The minimum Gasteiger partial charge on any atom is -0.338 e. The van der Waals surface area contributed by atoms with Crippen LogP contribution in [0.4, 0.5) is 0 Å². The lowest BCUT2D eigenvalue weighted by molar-refractivity contribution is 0.0699. The van der Waals surface area contributed by atoms with Gasteiger partial charge < -0.3 is 10.6 Å². The van der Waals surface area contributed by atoms with Crippen LogP contribution < -0.4 is 5.73 Å². The van der Waals surface area contributed by atoms with Crippen LogP contribution in [0.2, 0.25) is 0 Å². The summed E-state index contributed by atoms with van der Waals surface area (Å²) in [4.78, 5) is 15.7. The van der Waals surface area contributed by atoms with E-state index in [4.69, 9.17) is 5.73 Å². The van der Waals surface area contributed by atoms with Crippen molar-refractivity contribution >= 4 is 17.2 Å². The van der Waals surface area contributed by atoms with Crippen molar-refractivity contribution < 1.29 is 4.79 Å². The number of likely N-dealkylation sites (tertiary alicyclic amines) is 1. The highest BCUT2D eigenvalue weighted by Crippen LogP contribution is 2.30. The molecule has 0 spiro atoms. The van der Waals surface area contributed by atoms with E-state index in [0.717, 1.165) is 48.5 Å². The molecule has 1 aliphatic rings. The first kappa shape index (κ1) is 15.3. The van der Waals surface area contributed by atoms with E-state index in [1.165, 1.54) is 5.56 Å². The molecule has 0 radical (unpaired) electrons. The Kier molecular flexibility index (Phi) is 4.60. The molecule has 4 heteroatoms. The normalized spacial score (nSPS) is 16.0. The van der Waals surface area contributed by atoms with Crippen molar-refractivity contribution in [1.29, 1.82) is 0 Å². The lowest BCUT2D eigenvalue weighted by atomic mass is 9.96. The van der Waals surface area contributed by atoms with Gasteiger partial charge in [-0.05, 0) is 49.2 Å². The largest absolute Gasteiger partial charge is 0.338 e. The van der Waals surface area contributed by atoms with E-state index in [9.17, 15) is 4.79 Å². The molecule has 0 atom stereocenters. The zero-order chi connectivity index (χ0) is 15.5. The quantitative estimate of drug-likeness (QED) is 0.942. The fourth-order valence-corrected chi connectivity index (χ4v) is 3.83. The Bertz CT molecular complexity index is 639. The number of nitrogens with zero attached hydrogens (tertiary/aromatic N) is 1. The van der Waals surface area contributed by atoms with E-state index in [1.54, 1.807) is 11.3 Å². The van der Waals surface area contributed by atoms with Crippen molar-refractivity contribution in [3.05, 3.63) is 46.2 Å². The molecule has 3 nitrogen and oxygen atoms in total. The predicted molar refractivity (Wildman–Crippen MR) is 92.2 cm³/mol. The number of piperidine rings is 1.